The van der Waals surface area contributed by atoms with Crippen LogP contribution in [0.4, 0.5) is 0 Å². The molecular formula is C26H27N2+. The lowest BCUT2D eigenvalue weighted by atomic mass is 9.92. The van der Waals surface area contributed by atoms with E-state index in [4.69, 9.17) is 0 Å². The fraction of sp³-hybridized carbons (Fsp3) is 0.231. The number of aromatic nitrogens is 2. The summed E-state index contributed by atoms with van der Waals surface area (Å²) in [7, 11) is 2.17. The van der Waals surface area contributed by atoms with Crippen molar-refractivity contribution < 1.29 is 4.57 Å². The smallest absolute Gasteiger partial charge is 0.220 e. The zero-order chi connectivity index (χ0) is 19.8. The molecule has 0 aliphatic heterocycles. The summed E-state index contributed by atoms with van der Waals surface area (Å²) >= 11 is 0. The number of hydrogen-bond donors (Lipinski definition) is 0. The summed E-state index contributed by atoms with van der Waals surface area (Å²) in [5.74, 6) is 0.512. The third-order valence-corrected chi connectivity index (χ3v) is 5.71. The lowest BCUT2D eigenvalue weighted by molar-refractivity contribution is -0.665. The maximum atomic E-state index is 4.27. The average Bonchev–Trinajstić information content (AvgIpc) is 2.70. The quantitative estimate of drug-likeness (QED) is 0.398. The Hall–Kier alpha value is -3.00. The standard InChI is InChI=1S/C26H27N2/c1-17(2)20-9-8-18(3)25(15-20)26-24-11-10-21(22-7-6-12-27-16-22)14-23(24)13-19(4)28(26)5/h6-17H,1-5H3/q+1. The number of rotatable bonds is 3. The zero-order valence-electron chi connectivity index (χ0n) is 17.3. The second-order valence-electron chi connectivity index (χ2n) is 7.97. The number of benzene rings is 2. The summed E-state index contributed by atoms with van der Waals surface area (Å²) in [6, 6.07) is 20.0. The molecule has 0 atom stereocenters. The fourth-order valence-corrected chi connectivity index (χ4v) is 3.87. The Kier molecular flexibility index (Phi) is 4.72. The first kappa shape index (κ1) is 18.4. The van der Waals surface area contributed by atoms with Gasteiger partial charge in [-0.15, -0.1) is 0 Å². The van der Waals surface area contributed by atoms with E-state index >= 15 is 0 Å². The van der Waals surface area contributed by atoms with Crippen LogP contribution < -0.4 is 4.57 Å². The highest BCUT2D eigenvalue weighted by Gasteiger charge is 2.20. The van der Waals surface area contributed by atoms with Gasteiger partial charge in [-0.2, -0.15) is 4.57 Å². The van der Waals surface area contributed by atoms with E-state index in [0.717, 1.165) is 5.56 Å². The topological polar surface area (TPSA) is 16.8 Å². The first-order valence-electron chi connectivity index (χ1n) is 9.90. The molecule has 0 bridgehead atoms. The van der Waals surface area contributed by atoms with E-state index in [2.05, 4.69) is 92.8 Å². The summed E-state index contributed by atoms with van der Waals surface area (Å²) in [6.45, 7) is 8.89. The summed E-state index contributed by atoms with van der Waals surface area (Å²) in [5, 5.41) is 2.55. The molecule has 0 spiro atoms. The molecule has 4 rings (SSSR count). The van der Waals surface area contributed by atoms with Crippen molar-refractivity contribution in [1.29, 1.82) is 0 Å². The molecule has 0 unspecified atom stereocenters. The largest absolute Gasteiger partial charge is 0.264 e. The highest BCUT2D eigenvalue weighted by atomic mass is 14.9. The molecule has 0 saturated carbocycles. The Morgan fingerprint density at radius 1 is 0.893 bits per heavy atom. The van der Waals surface area contributed by atoms with Crippen molar-refractivity contribution >= 4 is 10.8 Å². The third kappa shape index (κ3) is 3.20. The van der Waals surface area contributed by atoms with Gasteiger partial charge < -0.3 is 0 Å². The Labute approximate surface area is 167 Å². The van der Waals surface area contributed by atoms with Gasteiger partial charge in [-0.25, -0.2) is 0 Å². The summed E-state index contributed by atoms with van der Waals surface area (Å²) in [5.41, 5.74) is 8.89. The minimum absolute atomic E-state index is 0.512. The van der Waals surface area contributed by atoms with Gasteiger partial charge in [-0.3, -0.25) is 4.98 Å². The minimum atomic E-state index is 0.512. The summed E-state index contributed by atoms with van der Waals surface area (Å²) in [4.78, 5) is 4.27. The molecule has 0 amide bonds. The van der Waals surface area contributed by atoms with Crippen LogP contribution in [-0.2, 0) is 7.05 Å². The number of hydrogen-bond acceptors (Lipinski definition) is 1. The maximum Gasteiger partial charge on any atom is 0.220 e. The SMILES string of the molecule is Cc1ccc(C(C)C)cc1-c1c2ccc(-c3cccnc3)cc2cc(C)[n+]1C. The van der Waals surface area contributed by atoms with Gasteiger partial charge in [0.2, 0.25) is 5.69 Å². The predicted molar refractivity (Wildman–Crippen MR) is 117 cm³/mol. The third-order valence-electron chi connectivity index (χ3n) is 5.71. The van der Waals surface area contributed by atoms with Crippen LogP contribution in [0.1, 0.15) is 36.6 Å². The Bertz CT molecular complexity index is 1160. The van der Waals surface area contributed by atoms with Crippen LogP contribution in [0, 0.1) is 13.8 Å². The normalized spacial score (nSPS) is 11.4. The molecule has 0 fully saturated rings. The summed E-state index contributed by atoms with van der Waals surface area (Å²) < 4.78 is 2.32. The Morgan fingerprint density at radius 3 is 2.43 bits per heavy atom. The van der Waals surface area contributed by atoms with Crippen LogP contribution in [0.2, 0.25) is 0 Å². The van der Waals surface area contributed by atoms with Gasteiger partial charge in [0.1, 0.15) is 7.05 Å². The van der Waals surface area contributed by atoms with E-state index in [1.54, 1.807) is 0 Å². The van der Waals surface area contributed by atoms with E-state index in [9.17, 15) is 0 Å². The van der Waals surface area contributed by atoms with Crippen molar-refractivity contribution in [2.24, 2.45) is 7.05 Å². The van der Waals surface area contributed by atoms with Crippen molar-refractivity contribution in [1.82, 2.24) is 4.98 Å². The van der Waals surface area contributed by atoms with E-state index in [0.29, 0.717) is 5.92 Å². The first-order valence-corrected chi connectivity index (χ1v) is 9.90. The molecule has 2 heterocycles. The van der Waals surface area contributed by atoms with Crippen LogP contribution in [0.15, 0.2) is 67.0 Å². The van der Waals surface area contributed by atoms with E-state index in [-0.39, 0.29) is 0 Å². The molecule has 28 heavy (non-hydrogen) atoms. The molecule has 0 aliphatic rings. The molecule has 0 radical (unpaired) electrons. The Morgan fingerprint density at radius 2 is 1.71 bits per heavy atom. The lowest BCUT2D eigenvalue weighted by Crippen LogP contribution is -2.35. The van der Waals surface area contributed by atoms with Gasteiger partial charge in [0, 0.05) is 36.5 Å². The molecule has 0 saturated heterocycles. The maximum absolute atomic E-state index is 4.27. The predicted octanol–water partition coefficient (Wildman–Crippen LogP) is 6.13. The van der Waals surface area contributed by atoms with Crippen LogP contribution in [-0.4, -0.2) is 4.98 Å². The van der Waals surface area contributed by atoms with Crippen LogP contribution >= 0.6 is 0 Å². The second-order valence-corrected chi connectivity index (χ2v) is 7.97. The minimum Gasteiger partial charge on any atom is -0.264 e. The first-order chi connectivity index (χ1) is 13.5. The molecule has 2 aromatic carbocycles. The Balaban J connectivity index is 1.99. The summed E-state index contributed by atoms with van der Waals surface area (Å²) in [6.07, 6.45) is 3.74. The van der Waals surface area contributed by atoms with Crippen molar-refractivity contribution in [2.75, 3.05) is 0 Å². The van der Waals surface area contributed by atoms with Gasteiger partial charge in [0.25, 0.3) is 0 Å². The number of nitrogens with zero attached hydrogens (tertiary/aromatic N) is 2. The van der Waals surface area contributed by atoms with Gasteiger partial charge >= 0.3 is 0 Å². The fourth-order valence-electron chi connectivity index (χ4n) is 3.87. The van der Waals surface area contributed by atoms with E-state index in [1.807, 2.05) is 18.5 Å². The van der Waals surface area contributed by atoms with Crippen molar-refractivity contribution in [3.8, 4) is 22.4 Å². The zero-order valence-corrected chi connectivity index (χ0v) is 17.3. The van der Waals surface area contributed by atoms with Crippen LogP contribution in [0.5, 0.6) is 0 Å². The molecule has 4 aromatic rings. The van der Waals surface area contributed by atoms with E-state index < -0.39 is 0 Å². The number of fused-ring (bicyclic) bond motifs is 1. The molecule has 140 valence electrons. The number of aryl methyl sites for hydroxylation is 2. The van der Waals surface area contributed by atoms with Crippen LogP contribution in [0.25, 0.3) is 33.2 Å². The lowest BCUT2D eigenvalue weighted by Gasteiger charge is -2.13. The highest BCUT2D eigenvalue weighted by Crippen LogP contribution is 2.33. The number of pyridine rings is 2. The molecule has 0 N–H and O–H groups in total. The molecule has 2 aromatic heterocycles. The van der Waals surface area contributed by atoms with Crippen LogP contribution in [0.3, 0.4) is 0 Å². The van der Waals surface area contributed by atoms with Crippen molar-refractivity contribution in [2.45, 2.75) is 33.6 Å². The molecule has 2 heteroatoms. The van der Waals surface area contributed by atoms with Crippen molar-refractivity contribution in [3.63, 3.8) is 0 Å². The monoisotopic (exact) mass is 367 g/mol. The van der Waals surface area contributed by atoms with Gasteiger partial charge in [0.05, 0.1) is 5.39 Å². The van der Waals surface area contributed by atoms with E-state index in [1.165, 1.54) is 44.4 Å². The highest BCUT2D eigenvalue weighted by molar-refractivity contribution is 5.96. The molecule has 0 aliphatic carbocycles. The van der Waals surface area contributed by atoms with Crippen molar-refractivity contribution in [3.05, 3.63) is 83.8 Å². The average molecular weight is 368 g/mol. The van der Waals surface area contributed by atoms with Gasteiger partial charge in [0.15, 0.2) is 5.69 Å². The van der Waals surface area contributed by atoms with Gasteiger partial charge in [-0.1, -0.05) is 38.1 Å². The van der Waals surface area contributed by atoms with Gasteiger partial charge in [-0.05, 0) is 59.2 Å². The molecular weight excluding hydrogens is 340 g/mol. The second kappa shape index (κ2) is 7.20. The molecule has 2 nitrogen and oxygen atoms in total.